The summed E-state index contributed by atoms with van der Waals surface area (Å²) in [5.74, 6) is 0. The molecule has 2 N–H and O–H groups in total. The Bertz CT molecular complexity index is 361. The van der Waals surface area contributed by atoms with Gasteiger partial charge in [0.15, 0.2) is 0 Å². The molecule has 0 aromatic heterocycles. The number of benzene rings is 1. The maximum atomic E-state index is 6.26. The van der Waals surface area contributed by atoms with E-state index in [-0.39, 0.29) is 23.9 Å². The molecule has 0 saturated carbocycles. The highest BCUT2D eigenvalue weighted by atomic mass is 35.5. The van der Waals surface area contributed by atoms with Crippen LogP contribution in [0.4, 0.5) is 5.69 Å². The van der Waals surface area contributed by atoms with Gasteiger partial charge in [0, 0.05) is 24.8 Å². The minimum absolute atomic E-state index is 0. The Labute approximate surface area is 117 Å². The normalized spacial score (nSPS) is 17.4. The van der Waals surface area contributed by atoms with Crippen LogP contribution in [0.5, 0.6) is 0 Å². The van der Waals surface area contributed by atoms with Crippen molar-refractivity contribution in [1.82, 2.24) is 0 Å². The summed E-state index contributed by atoms with van der Waals surface area (Å²) in [7, 11) is 0. The molecule has 0 amide bonds. The summed E-state index contributed by atoms with van der Waals surface area (Å²) in [5.41, 5.74) is 8.96. The van der Waals surface area contributed by atoms with Crippen LogP contribution in [0.25, 0.3) is 0 Å². The van der Waals surface area contributed by atoms with Crippen molar-refractivity contribution in [2.24, 2.45) is 11.1 Å². The number of hydrogen-bond acceptors (Lipinski definition) is 2. The first-order chi connectivity index (χ1) is 7.98. The van der Waals surface area contributed by atoms with Gasteiger partial charge in [0.2, 0.25) is 0 Å². The Morgan fingerprint density at radius 1 is 1.06 bits per heavy atom. The maximum Gasteiger partial charge on any atom is 0.0366 e. The van der Waals surface area contributed by atoms with E-state index in [2.05, 4.69) is 49.9 Å². The maximum absolute atomic E-state index is 6.26. The minimum Gasteiger partial charge on any atom is -0.372 e. The van der Waals surface area contributed by atoms with E-state index < -0.39 is 0 Å². The molecular weight excluding hydrogens is 244 g/mol. The smallest absolute Gasteiger partial charge is 0.0366 e. The van der Waals surface area contributed by atoms with Gasteiger partial charge in [-0.15, -0.1) is 12.4 Å². The molecule has 0 radical (unpaired) electrons. The van der Waals surface area contributed by atoms with E-state index in [9.17, 15) is 0 Å². The molecule has 1 aromatic carbocycles. The summed E-state index contributed by atoms with van der Waals surface area (Å²) in [6.07, 6.45) is 2.65. The zero-order valence-electron chi connectivity index (χ0n) is 11.6. The fourth-order valence-corrected chi connectivity index (χ4v) is 2.37. The van der Waals surface area contributed by atoms with E-state index in [1.807, 2.05) is 0 Å². The second-order valence-electron chi connectivity index (χ2n) is 6.13. The van der Waals surface area contributed by atoms with E-state index in [4.69, 9.17) is 5.73 Å². The van der Waals surface area contributed by atoms with Crippen LogP contribution in [0.1, 0.15) is 45.2 Å². The molecule has 1 aliphatic rings. The van der Waals surface area contributed by atoms with Crippen LogP contribution in [-0.2, 0) is 0 Å². The summed E-state index contributed by atoms with van der Waals surface area (Å²) in [6, 6.07) is 8.90. The van der Waals surface area contributed by atoms with Crippen molar-refractivity contribution in [2.75, 3.05) is 18.0 Å². The minimum atomic E-state index is 0. The lowest BCUT2D eigenvalue weighted by molar-refractivity contribution is 0.327. The van der Waals surface area contributed by atoms with Gasteiger partial charge in [0.1, 0.15) is 0 Å². The Hall–Kier alpha value is -0.730. The lowest BCUT2D eigenvalue weighted by Gasteiger charge is -2.28. The molecule has 18 heavy (non-hydrogen) atoms. The van der Waals surface area contributed by atoms with Crippen LogP contribution in [-0.4, -0.2) is 13.1 Å². The Kier molecular flexibility index (Phi) is 5.06. The monoisotopic (exact) mass is 268 g/mol. The van der Waals surface area contributed by atoms with Crippen molar-refractivity contribution in [3.8, 4) is 0 Å². The lowest BCUT2D eigenvalue weighted by Crippen LogP contribution is -2.26. The Morgan fingerprint density at radius 3 is 2.00 bits per heavy atom. The predicted molar refractivity (Wildman–Crippen MR) is 81.5 cm³/mol. The predicted octanol–water partition coefficient (Wildman–Crippen LogP) is 3.75. The second-order valence-corrected chi connectivity index (χ2v) is 6.13. The van der Waals surface area contributed by atoms with Gasteiger partial charge >= 0.3 is 0 Å². The molecule has 0 spiro atoms. The summed E-state index contributed by atoms with van der Waals surface area (Å²) in [6.45, 7) is 8.96. The standard InChI is InChI=1S/C15H24N2.ClH/c1-15(2,3)14(16)12-6-8-13(9-7-12)17-10-4-5-11-17;/h6-9,14H,4-5,10-11,16H2,1-3H3;1H/t14-;/m0./s1. The summed E-state index contributed by atoms with van der Waals surface area (Å²) in [4.78, 5) is 2.45. The van der Waals surface area contributed by atoms with Gasteiger partial charge in [0.05, 0.1) is 0 Å². The van der Waals surface area contributed by atoms with E-state index in [1.165, 1.54) is 37.2 Å². The number of anilines is 1. The topological polar surface area (TPSA) is 29.3 Å². The number of hydrogen-bond donors (Lipinski definition) is 1. The van der Waals surface area contributed by atoms with Crippen molar-refractivity contribution in [2.45, 2.75) is 39.7 Å². The zero-order valence-corrected chi connectivity index (χ0v) is 12.5. The Morgan fingerprint density at radius 2 is 1.56 bits per heavy atom. The molecule has 0 aliphatic carbocycles. The SMILES string of the molecule is CC(C)(C)[C@@H](N)c1ccc(N2CCCC2)cc1.Cl. The fourth-order valence-electron chi connectivity index (χ4n) is 2.37. The van der Waals surface area contributed by atoms with E-state index >= 15 is 0 Å². The third kappa shape index (κ3) is 3.39. The van der Waals surface area contributed by atoms with Gasteiger partial charge in [-0.3, -0.25) is 0 Å². The highest BCUT2D eigenvalue weighted by molar-refractivity contribution is 5.85. The van der Waals surface area contributed by atoms with Crippen molar-refractivity contribution in [3.63, 3.8) is 0 Å². The second kappa shape index (κ2) is 5.94. The van der Waals surface area contributed by atoms with Gasteiger partial charge in [-0.1, -0.05) is 32.9 Å². The van der Waals surface area contributed by atoms with Crippen LogP contribution >= 0.6 is 12.4 Å². The summed E-state index contributed by atoms with van der Waals surface area (Å²) >= 11 is 0. The molecule has 1 aromatic rings. The molecule has 0 unspecified atom stereocenters. The molecule has 1 heterocycles. The third-order valence-corrected chi connectivity index (χ3v) is 3.66. The first-order valence-corrected chi connectivity index (χ1v) is 6.59. The van der Waals surface area contributed by atoms with Crippen molar-refractivity contribution in [3.05, 3.63) is 29.8 Å². The first-order valence-electron chi connectivity index (χ1n) is 6.59. The summed E-state index contributed by atoms with van der Waals surface area (Å²) < 4.78 is 0. The van der Waals surface area contributed by atoms with Gasteiger partial charge in [-0.05, 0) is 36.0 Å². The van der Waals surface area contributed by atoms with Crippen LogP contribution in [0, 0.1) is 5.41 Å². The number of nitrogens with zero attached hydrogens (tertiary/aromatic N) is 1. The molecule has 2 rings (SSSR count). The number of nitrogens with two attached hydrogens (primary N) is 1. The largest absolute Gasteiger partial charge is 0.372 e. The van der Waals surface area contributed by atoms with Crippen molar-refractivity contribution in [1.29, 1.82) is 0 Å². The summed E-state index contributed by atoms with van der Waals surface area (Å²) in [5, 5.41) is 0. The van der Waals surface area contributed by atoms with Gasteiger partial charge in [-0.25, -0.2) is 0 Å². The fraction of sp³-hybridized carbons (Fsp3) is 0.600. The molecular formula is C15H25ClN2. The first kappa shape index (κ1) is 15.3. The molecule has 0 bridgehead atoms. The van der Waals surface area contributed by atoms with E-state index in [0.29, 0.717) is 0 Å². The zero-order chi connectivity index (χ0) is 12.5. The van der Waals surface area contributed by atoms with Crippen LogP contribution in [0.3, 0.4) is 0 Å². The average Bonchev–Trinajstić information content (AvgIpc) is 2.80. The third-order valence-electron chi connectivity index (χ3n) is 3.66. The van der Waals surface area contributed by atoms with E-state index in [1.54, 1.807) is 0 Å². The number of halogens is 1. The van der Waals surface area contributed by atoms with Gasteiger partial charge in [0.25, 0.3) is 0 Å². The lowest BCUT2D eigenvalue weighted by atomic mass is 9.83. The number of rotatable bonds is 2. The quantitative estimate of drug-likeness (QED) is 0.885. The highest BCUT2D eigenvalue weighted by Gasteiger charge is 2.22. The van der Waals surface area contributed by atoms with Crippen LogP contribution in [0.2, 0.25) is 0 Å². The van der Waals surface area contributed by atoms with E-state index in [0.717, 1.165) is 0 Å². The molecule has 102 valence electrons. The molecule has 1 saturated heterocycles. The Balaban J connectivity index is 0.00000162. The molecule has 1 aliphatic heterocycles. The highest BCUT2D eigenvalue weighted by Crippen LogP contribution is 2.31. The van der Waals surface area contributed by atoms with Crippen LogP contribution in [0.15, 0.2) is 24.3 Å². The molecule has 3 heteroatoms. The van der Waals surface area contributed by atoms with Crippen molar-refractivity contribution < 1.29 is 0 Å². The average molecular weight is 269 g/mol. The van der Waals surface area contributed by atoms with Crippen molar-refractivity contribution >= 4 is 18.1 Å². The van der Waals surface area contributed by atoms with Crippen LogP contribution < -0.4 is 10.6 Å². The van der Waals surface area contributed by atoms with Gasteiger partial charge < -0.3 is 10.6 Å². The van der Waals surface area contributed by atoms with Gasteiger partial charge in [-0.2, -0.15) is 0 Å². The molecule has 1 atom stereocenters. The molecule has 1 fully saturated rings. The molecule has 2 nitrogen and oxygen atoms in total.